The van der Waals surface area contributed by atoms with Crippen LogP contribution in [0.25, 0.3) is 0 Å². The van der Waals surface area contributed by atoms with Crippen LogP contribution in [0.2, 0.25) is 0 Å². The maximum absolute atomic E-state index is 9.05. The summed E-state index contributed by atoms with van der Waals surface area (Å²) < 4.78 is 0. The van der Waals surface area contributed by atoms with Crippen molar-refractivity contribution in [1.29, 1.82) is 0 Å². The predicted octanol–water partition coefficient (Wildman–Crippen LogP) is 1.05. The number of hydrogen-bond donors (Lipinski definition) is 2. The number of allylic oxidation sites excluding steroid dienone is 2. The molecule has 11 heavy (non-hydrogen) atoms. The molecule has 0 aromatic carbocycles. The maximum Gasteiger partial charge on any atom is 0.0514 e. The highest BCUT2D eigenvalue weighted by Crippen LogP contribution is 2.21. The highest BCUT2D eigenvalue weighted by Gasteiger charge is 2.26. The Labute approximate surface area is 67.6 Å². The van der Waals surface area contributed by atoms with E-state index in [4.69, 9.17) is 5.11 Å². The van der Waals surface area contributed by atoms with E-state index in [1.54, 1.807) is 0 Å². The molecule has 0 spiro atoms. The van der Waals surface area contributed by atoms with Crippen LogP contribution in [-0.4, -0.2) is 17.8 Å². The van der Waals surface area contributed by atoms with Crippen LogP contribution in [0.4, 0.5) is 0 Å². The van der Waals surface area contributed by atoms with Crippen molar-refractivity contribution >= 4 is 0 Å². The Morgan fingerprint density at radius 1 is 1.45 bits per heavy atom. The van der Waals surface area contributed by atoms with E-state index < -0.39 is 0 Å². The van der Waals surface area contributed by atoms with Crippen molar-refractivity contribution in [2.45, 2.75) is 19.9 Å². The Bertz CT molecular complexity index is 182. The predicted molar refractivity (Wildman–Crippen MR) is 46.1 cm³/mol. The minimum atomic E-state index is -0.0821. The first-order valence-electron chi connectivity index (χ1n) is 3.87. The summed E-state index contributed by atoms with van der Waals surface area (Å²) in [6, 6.07) is 0.248. The van der Waals surface area contributed by atoms with Gasteiger partial charge in [0.25, 0.3) is 0 Å². The van der Waals surface area contributed by atoms with Gasteiger partial charge in [0.2, 0.25) is 0 Å². The van der Waals surface area contributed by atoms with Gasteiger partial charge in [-0.2, -0.15) is 0 Å². The first kappa shape index (κ1) is 8.34. The van der Waals surface area contributed by atoms with E-state index in [0.29, 0.717) is 0 Å². The van der Waals surface area contributed by atoms with Gasteiger partial charge >= 0.3 is 0 Å². The Kier molecular flexibility index (Phi) is 2.35. The molecule has 0 bridgehead atoms. The van der Waals surface area contributed by atoms with Gasteiger partial charge in [0.1, 0.15) is 0 Å². The Balaban J connectivity index is 2.61. The van der Waals surface area contributed by atoms with Gasteiger partial charge in [-0.05, 0) is 12.3 Å². The molecule has 2 N–H and O–H groups in total. The molecule has 0 aliphatic carbocycles. The molecule has 1 atom stereocenters. The smallest absolute Gasteiger partial charge is 0.0514 e. The highest BCUT2D eigenvalue weighted by molar-refractivity contribution is 5.14. The molecule has 0 fully saturated rings. The zero-order chi connectivity index (χ0) is 8.32. The maximum atomic E-state index is 9.05. The second-order valence-corrected chi connectivity index (χ2v) is 3.54. The highest BCUT2D eigenvalue weighted by atomic mass is 16.3. The summed E-state index contributed by atoms with van der Waals surface area (Å²) in [5.41, 5.74) is -0.0821. The first-order chi connectivity index (χ1) is 5.17. The van der Waals surface area contributed by atoms with E-state index in [9.17, 15) is 0 Å². The fourth-order valence-corrected chi connectivity index (χ4v) is 1.03. The summed E-state index contributed by atoms with van der Waals surface area (Å²) in [6.07, 6.45) is 7.92. The van der Waals surface area contributed by atoms with Gasteiger partial charge in [-0.3, -0.25) is 0 Å². The molecule has 1 aliphatic heterocycles. The fraction of sp³-hybridized carbons (Fsp3) is 0.556. The molecule has 0 aromatic rings. The molecule has 0 radical (unpaired) electrons. The lowest BCUT2D eigenvalue weighted by Gasteiger charge is -2.31. The number of hydrogen-bond acceptors (Lipinski definition) is 2. The van der Waals surface area contributed by atoms with Crippen molar-refractivity contribution in [2.24, 2.45) is 5.41 Å². The zero-order valence-electron chi connectivity index (χ0n) is 7.04. The molecule has 0 saturated heterocycles. The van der Waals surface area contributed by atoms with Gasteiger partial charge in [0.05, 0.1) is 12.6 Å². The van der Waals surface area contributed by atoms with Crippen LogP contribution in [0.3, 0.4) is 0 Å². The number of rotatable bonds is 2. The third-order valence-electron chi connectivity index (χ3n) is 2.04. The molecule has 1 rings (SSSR count). The van der Waals surface area contributed by atoms with Crippen molar-refractivity contribution in [3.8, 4) is 0 Å². The zero-order valence-corrected chi connectivity index (χ0v) is 7.04. The van der Waals surface area contributed by atoms with E-state index in [0.717, 1.165) is 0 Å². The van der Waals surface area contributed by atoms with Crippen LogP contribution in [0, 0.1) is 5.41 Å². The molecule has 62 valence electrons. The van der Waals surface area contributed by atoms with E-state index in [1.807, 2.05) is 32.2 Å². The molecule has 0 aromatic heterocycles. The second kappa shape index (κ2) is 3.09. The van der Waals surface area contributed by atoms with E-state index in [2.05, 4.69) is 11.4 Å². The normalized spacial score (nSPS) is 23.4. The Morgan fingerprint density at radius 2 is 2.18 bits per heavy atom. The average Bonchev–Trinajstić information content (AvgIpc) is 2.06. The molecular weight excluding hydrogens is 138 g/mol. The van der Waals surface area contributed by atoms with Crippen molar-refractivity contribution in [3.63, 3.8) is 0 Å². The molecule has 0 amide bonds. The fourth-order valence-electron chi connectivity index (χ4n) is 1.03. The first-order valence-corrected chi connectivity index (χ1v) is 3.87. The van der Waals surface area contributed by atoms with Gasteiger partial charge in [-0.15, -0.1) is 0 Å². The standard InChI is InChI=1S/C9H15NO/c1-9(2,7-11)8-5-3-4-6-10-8/h3-6,8,10-11H,7H2,1-2H3. The molecular formula is C9H15NO. The minimum Gasteiger partial charge on any atom is -0.396 e. The van der Waals surface area contributed by atoms with Crippen LogP contribution in [0.5, 0.6) is 0 Å². The topological polar surface area (TPSA) is 32.3 Å². The van der Waals surface area contributed by atoms with Crippen LogP contribution in [0.15, 0.2) is 24.4 Å². The molecule has 1 heterocycles. The lowest BCUT2D eigenvalue weighted by atomic mass is 9.84. The average molecular weight is 153 g/mol. The SMILES string of the molecule is CC(C)(CO)C1C=CC=CN1. The Morgan fingerprint density at radius 3 is 2.64 bits per heavy atom. The van der Waals surface area contributed by atoms with Crippen molar-refractivity contribution in [1.82, 2.24) is 5.32 Å². The summed E-state index contributed by atoms with van der Waals surface area (Å²) >= 11 is 0. The third-order valence-corrected chi connectivity index (χ3v) is 2.04. The molecule has 0 saturated carbocycles. The quantitative estimate of drug-likeness (QED) is 0.621. The van der Waals surface area contributed by atoms with E-state index >= 15 is 0 Å². The van der Waals surface area contributed by atoms with E-state index in [-0.39, 0.29) is 18.1 Å². The van der Waals surface area contributed by atoms with Crippen LogP contribution < -0.4 is 5.32 Å². The lowest BCUT2D eigenvalue weighted by Crippen LogP contribution is -2.41. The molecule has 1 aliphatic rings. The van der Waals surface area contributed by atoms with Gasteiger partial charge in [-0.25, -0.2) is 0 Å². The van der Waals surface area contributed by atoms with Crippen molar-refractivity contribution in [2.75, 3.05) is 6.61 Å². The lowest BCUT2D eigenvalue weighted by molar-refractivity contribution is 0.138. The molecule has 2 nitrogen and oxygen atoms in total. The van der Waals surface area contributed by atoms with Crippen LogP contribution in [-0.2, 0) is 0 Å². The van der Waals surface area contributed by atoms with Gasteiger partial charge in [0.15, 0.2) is 0 Å². The largest absolute Gasteiger partial charge is 0.396 e. The van der Waals surface area contributed by atoms with Gasteiger partial charge in [-0.1, -0.05) is 26.0 Å². The summed E-state index contributed by atoms with van der Waals surface area (Å²) in [4.78, 5) is 0. The van der Waals surface area contributed by atoms with Gasteiger partial charge in [0, 0.05) is 5.41 Å². The summed E-state index contributed by atoms with van der Waals surface area (Å²) in [5, 5.41) is 12.2. The van der Waals surface area contributed by atoms with Crippen molar-refractivity contribution < 1.29 is 5.11 Å². The third kappa shape index (κ3) is 1.84. The number of dihydropyridines is 1. The summed E-state index contributed by atoms with van der Waals surface area (Å²) in [6.45, 7) is 4.27. The molecule has 1 unspecified atom stereocenters. The van der Waals surface area contributed by atoms with Crippen molar-refractivity contribution in [3.05, 3.63) is 24.4 Å². The Hall–Kier alpha value is -0.760. The van der Waals surface area contributed by atoms with Crippen LogP contribution >= 0.6 is 0 Å². The monoisotopic (exact) mass is 153 g/mol. The van der Waals surface area contributed by atoms with E-state index in [1.165, 1.54) is 0 Å². The number of aliphatic hydroxyl groups is 1. The molecule has 2 heteroatoms. The number of aliphatic hydroxyl groups excluding tert-OH is 1. The van der Waals surface area contributed by atoms with Gasteiger partial charge < -0.3 is 10.4 Å². The summed E-state index contributed by atoms with van der Waals surface area (Å²) in [7, 11) is 0. The minimum absolute atomic E-state index is 0.0821. The van der Waals surface area contributed by atoms with Crippen LogP contribution in [0.1, 0.15) is 13.8 Å². The number of nitrogens with one attached hydrogen (secondary N) is 1. The second-order valence-electron chi connectivity index (χ2n) is 3.54. The summed E-state index contributed by atoms with van der Waals surface area (Å²) in [5.74, 6) is 0.